The van der Waals surface area contributed by atoms with Gasteiger partial charge in [-0.15, -0.1) is 0 Å². The standard InChI is InChI=1S/C28H27N7O2/c36-27(37)32-24-19-6-2-1-5-18(19)15-28(24)11-9-17(10-12-28)21-16-30-23-25(31-21)33-34-26(23)35-14-4-7-20-22(35)8-3-13-29-20/h1-3,5-6,8-9,13,16,24,32H,4,7,10-12,14-15H2,(H,36,37)(H,31,33,34)/t24-,28+/m0/s1. The van der Waals surface area contributed by atoms with Gasteiger partial charge in [0.1, 0.15) is 0 Å². The van der Waals surface area contributed by atoms with E-state index in [9.17, 15) is 9.90 Å². The van der Waals surface area contributed by atoms with Crippen LogP contribution in [0, 0.1) is 5.41 Å². The van der Waals surface area contributed by atoms with E-state index < -0.39 is 6.09 Å². The van der Waals surface area contributed by atoms with E-state index in [0.29, 0.717) is 5.65 Å². The number of fused-ring (bicyclic) bond motifs is 3. The molecule has 0 bridgehead atoms. The van der Waals surface area contributed by atoms with Crippen molar-refractivity contribution in [3.63, 3.8) is 0 Å². The number of aromatic nitrogens is 5. The Morgan fingerprint density at radius 3 is 2.95 bits per heavy atom. The quantitative estimate of drug-likeness (QED) is 0.369. The van der Waals surface area contributed by atoms with Crippen LogP contribution in [0.3, 0.4) is 0 Å². The fourth-order valence-corrected chi connectivity index (χ4v) is 6.46. The number of carbonyl (C=O) groups is 1. The van der Waals surface area contributed by atoms with Crippen molar-refractivity contribution >= 4 is 34.3 Å². The van der Waals surface area contributed by atoms with Gasteiger partial charge < -0.3 is 15.3 Å². The largest absolute Gasteiger partial charge is 0.465 e. The summed E-state index contributed by atoms with van der Waals surface area (Å²) in [5, 5.41) is 20.0. The molecule has 1 amide bonds. The Morgan fingerprint density at radius 2 is 2.08 bits per heavy atom. The van der Waals surface area contributed by atoms with Crippen LogP contribution < -0.4 is 10.2 Å². The Labute approximate surface area is 213 Å². The van der Waals surface area contributed by atoms with Crippen LogP contribution in [0.5, 0.6) is 0 Å². The average molecular weight is 494 g/mol. The minimum Gasteiger partial charge on any atom is -0.465 e. The monoisotopic (exact) mass is 493 g/mol. The van der Waals surface area contributed by atoms with Crippen LogP contribution >= 0.6 is 0 Å². The third-order valence-electron chi connectivity index (χ3n) is 8.22. The summed E-state index contributed by atoms with van der Waals surface area (Å²) in [4.78, 5) is 28.0. The van der Waals surface area contributed by atoms with Crippen molar-refractivity contribution in [3.05, 3.63) is 77.4 Å². The van der Waals surface area contributed by atoms with E-state index in [4.69, 9.17) is 9.97 Å². The number of H-pyrrole nitrogens is 1. The van der Waals surface area contributed by atoms with Gasteiger partial charge in [-0.1, -0.05) is 30.3 Å². The van der Waals surface area contributed by atoms with Crippen molar-refractivity contribution in [2.24, 2.45) is 5.41 Å². The first-order chi connectivity index (χ1) is 18.1. The minimum atomic E-state index is -0.977. The van der Waals surface area contributed by atoms with Crippen LogP contribution in [0.1, 0.15) is 54.2 Å². The fraction of sp³-hybridized carbons (Fsp3) is 0.321. The molecule has 7 rings (SSSR count). The number of hydrogen-bond acceptors (Lipinski definition) is 6. The molecule has 9 nitrogen and oxygen atoms in total. The zero-order valence-corrected chi connectivity index (χ0v) is 20.3. The normalized spacial score (nSPS) is 22.5. The van der Waals surface area contributed by atoms with E-state index >= 15 is 0 Å². The van der Waals surface area contributed by atoms with E-state index in [1.165, 1.54) is 5.56 Å². The van der Waals surface area contributed by atoms with E-state index in [1.807, 2.05) is 30.6 Å². The molecule has 0 saturated carbocycles. The Balaban J connectivity index is 1.18. The van der Waals surface area contributed by atoms with Crippen LogP contribution in [0.15, 0.2) is 54.9 Å². The lowest BCUT2D eigenvalue weighted by atomic mass is 9.70. The number of aromatic amines is 1. The molecular weight excluding hydrogens is 466 g/mol. The molecule has 4 aromatic rings. The highest BCUT2D eigenvalue weighted by Crippen LogP contribution is 2.54. The van der Waals surface area contributed by atoms with Gasteiger partial charge in [-0.05, 0) is 67.4 Å². The number of aryl methyl sites for hydroxylation is 1. The summed E-state index contributed by atoms with van der Waals surface area (Å²) >= 11 is 0. The van der Waals surface area contributed by atoms with Crippen molar-refractivity contribution in [2.45, 2.75) is 44.6 Å². The topological polar surface area (TPSA) is 120 Å². The molecular formula is C28H27N7O2. The lowest BCUT2D eigenvalue weighted by Crippen LogP contribution is -2.39. The van der Waals surface area contributed by atoms with Crippen LogP contribution in [0.4, 0.5) is 16.3 Å². The van der Waals surface area contributed by atoms with Crippen molar-refractivity contribution in [1.82, 2.24) is 30.5 Å². The van der Waals surface area contributed by atoms with Crippen molar-refractivity contribution < 1.29 is 9.90 Å². The summed E-state index contributed by atoms with van der Waals surface area (Å²) in [5.41, 5.74) is 7.76. The van der Waals surface area contributed by atoms with Crippen LogP contribution in [0.2, 0.25) is 0 Å². The Hall–Kier alpha value is -4.27. The number of nitrogens with one attached hydrogen (secondary N) is 2. The van der Waals surface area contributed by atoms with E-state index in [0.717, 1.165) is 84.6 Å². The number of amides is 1. The highest BCUT2D eigenvalue weighted by molar-refractivity contribution is 5.87. The van der Waals surface area contributed by atoms with Crippen molar-refractivity contribution in [1.29, 1.82) is 0 Å². The van der Waals surface area contributed by atoms with Crippen LogP contribution in [-0.2, 0) is 12.8 Å². The molecule has 3 N–H and O–H groups in total. The fourth-order valence-electron chi connectivity index (χ4n) is 6.46. The molecule has 37 heavy (non-hydrogen) atoms. The molecule has 0 unspecified atom stereocenters. The van der Waals surface area contributed by atoms with Gasteiger partial charge in [0.2, 0.25) is 0 Å². The Kier molecular flexibility index (Phi) is 4.99. The predicted octanol–water partition coefficient (Wildman–Crippen LogP) is 4.95. The van der Waals surface area contributed by atoms with Gasteiger partial charge >= 0.3 is 6.09 Å². The second kappa shape index (κ2) is 8.40. The molecule has 3 aromatic heterocycles. The molecule has 2 atom stereocenters. The van der Waals surface area contributed by atoms with E-state index in [-0.39, 0.29) is 11.5 Å². The molecule has 186 valence electrons. The van der Waals surface area contributed by atoms with Crippen LogP contribution in [-0.4, -0.2) is 42.9 Å². The maximum Gasteiger partial charge on any atom is 0.405 e. The third-order valence-corrected chi connectivity index (χ3v) is 8.22. The highest BCUT2D eigenvalue weighted by Gasteiger charge is 2.47. The number of hydrogen-bond donors (Lipinski definition) is 3. The van der Waals surface area contributed by atoms with E-state index in [1.54, 1.807) is 0 Å². The van der Waals surface area contributed by atoms with Gasteiger partial charge in [0.05, 0.1) is 29.3 Å². The SMILES string of the molecule is O=C(O)N[C@H]1c2ccccc2C[C@]12CC=C(c1cnc3c(N4CCCc5ncccc54)n[nH]c3n1)CC2. The molecule has 0 fully saturated rings. The maximum atomic E-state index is 11.6. The summed E-state index contributed by atoms with van der Waals surface area (Å²) in [6.07, 6.45) is 10.3. The van der Waals surface area contributed by atoms with E-state index in [2.05, 4.69) is 49.7 Å². The first-order valence-corrected chi connectivity index (χ1v) is 12.8. The summed E-state index contributed by atoms with van der Waals surface area (Å²) in [5.74, 6) is 0.783. The Bertz CT molecular complexity index is 1560. The van der Waals surface area contributed by atoms with Gasteiger partial charge in [0, 0.05) is 18.2 Å². The van der Waals surface area contributed by atoms with Crippen molar-refractivity contribution in [2.75, 3.05) is 11.4 Å². The molecule has 1 aromatic carbocycles. The number of benzene rings is 1. The lowest BCUT2D eigenvalue weighted by Gasteiger charge is -2.38. The molecule has 9 heteroatoms. The first-order valence-electron chi connectivity index (χ1n) is 12.8. The molecule has 0 saturated heterocycles. The minimum absolute atomic E-state index is 0.153. The summed E-state index contributed by atoms with van der Waals surface area (Å²) in [6.45, 7) is 0.864. The molecule has 2 aliphatic carbocycles. The smallest absolute Gasteiger partial charge is 0.405 e. The number of rotatable bonds is 3. The van der Waals surface area contributed by atoms with Crippen molar-refractivity contribution in [3.8, 4) is 0 Å². The van der Waals surface area contributed by atoms with Gasteiger partial charge in [0.15, 0.2) is 17.0 Å². The second-order valence-electron chi connectivity index (χ2n) is 10.3. The maximum absolute atomic E-state index is 11.6. The molecule has 1 spiro atoms. The van der Waals surface area contributed by atoms with Crippen LogP contribution in [0.25, 0.3) is 16.7 Å². The first kappa shape index (κ1) is 22.0. The van der Waals surface area contributed by atoms with Gasteiger partial charge in [-0.25, -0.2) is 14.8 Å². The molecule has 3 aliphatic rings. The number of anilines is 2. The zero-order chi connectivity index (χ0) is 25.0. The highest BCUT2D eigenvalue weighted by atomic mass is 16.4. The Morgan fingerprint density at radius 1 is 1.16 bits per heavy atom. The zero-order valence-electron chi connectivity index (χ0n) is 20.3. The summed E-state index contributed by atoms with van der Waals surface area (Å²) in [7, 11) is 0. The average Bonchev–Trinajstić information content (AvgIpc) is 3.47. The summed E-state index contributed by atoms with van der Waals surface area (Å²) in [6, 6.07) is 12.0. The molecule has 4 heterocycles. The number of allylic oxidation sites excluding steroid dienone is 2. The molecule has 1 aliphatic heterocycles. The number of nitrogens with zero attached hydrogens (tertiary/aromatic N) is 5. The lowest BCUT2D eigenvalue weighted by molar-refractivity contribution is 0.156. The number of pyridine rings is 1. The summed E-state index contributed by atoms with van der Waals surface area (Å²) < 4.78 is 0. The van der Waals surface area contributed by atoms with Gasteiger partial charge in [-0.3, -0.25) is 10.1 Å². The second-order valence-corrected chi connectivity index (χ2v) is 10.3. The third kappa shape index (κ3) is 3.56. The number of carboxylic acid groups (broad SMARTS) is 1. The molecule has 0 radical (unpaired) electrons. The van der Waals surface area contributed by atoms with Gasteiger partial charge in [-0.2, -0.15) is 5.10 Å². The van der Waals surface area contributed by atoms with Gasteiger partial charge in [0.25, 0.3) is 0 Å². The predicted molar refractivity (Wildman–Crippen MR) is 140 cm³/mol.